The number of carbonyl (C=O) groups is 4. The van der Waals surface area contributed by atoms with Gasteiger partial charge in [0.15, 0.2) is 12.2 Å². The van der Waals surface area contributed by atoms with Crippen LogP contribution in [0.3, 0.4) is 0 Å². The summed E-state index contributed by atoms with van der Waals surface area (Å²) in [7, 11) is -9.93. The Balaban J connectivity index is 5.28. The molecule has 98 heavy (non-hydrogen) atoms. The number of hydrogen-bond donors (Lipinski definition) is 3. The first-order chi connectivity index (χ1) is 47.3. The predicted molar refractivity (Wildman–Crippen MR) is 400 cm³/mol. The highest BCUT2D eigenvalue weighted by atomic mass is 31.2. The van der Waals surface area contributed by atoms with E-state index < -0.39 is 97.5 Å². The Morgan fingerprint density at radius 3 is 0.908 bits per heavy atom. The Kier molecular flexibility index (Phi) is 67.2. The summed E-state index contributed by atoms with van der Waals surface area (Å²) in [6.07, 6.45) is 59.1. The molecule has 0 amide bonds. The maximum atomic E-state index is 13.1. The lowest BCUT2D eigenvalue weighted by Crippen LogP contribution is -2.30. The summed E-state index contributed by atoms with van der Waals surface area (Å²) in [6, 6.07) is 0. The van der Waals surface area contributed by atoms with E-state index in [9.17, 15) is 43.2 Å². The number of esters is 4. The molecule has 0 heterocycles. The molecule has 19 heteroatoms. The minimum Gasteiger partial charge on any atom is -0.462 e. The van der Waals surface area contributed by atoms with Gasteiger partial charge in [0.1, 0.15) is 19.3 Å². The van der Waals surface area contributed by atoms with E-state index in [1.54, 1.807) is 0 Å². The first kappa shape index (κ1) is 95.5. The van der Waals surface area contributed by atoms with E-state index in [1.165, 1.54) is 173 Å². The van der Waals surface area contributed by atoms with E-state index in [4.69, 9.17) is 37.0 Å². The lowest BCUT2D eigenvalue weighted by Gasteiger charge is -2.21. The largest absolute Gasteiger partial charge is 0.472 e. The van der Waals surface area contributed by atoms with Crippen molar-refractivity contribution >= 4 is 39.5 Å². The third-order valence-corrected chi connectivity index (χ3v) is 20.0. The Hall–Kier alpha value is -2.46. The molecule has 0 aliphatic heterocycles. The van der Waals surface area contributed by atoms with Crippen molar-refractivity contribution in [1.29, 1.82) is 0 Å². The molecule has 0 aromatic rings. The van der Waals surface area contributed by atoms with E-state index in [2.05, 4.69) is 72.8 Å². The smallest absolute Gasteiger partial charge is 0.462 e. The van der Waals surface area contributed by atoms with Crippen molar-refractivity contribution in [2.45, 2.75) is 401 Å². The number of ether oxygens (including phenoxy) is 4. The van der Waals surface area contributed by atoms with Crippen molar-refractivity contribution in [3.63, 3.8) is 0 Å². The molecule has 578 valence electrons. The van der Waals surface area contributed by atoms with Gasteiger partial charge in [-0.2, -0.15) is 0 Å². The van der Waals surface area contributed by atoms with Gasteiger partial charge in [0.05, 0.1) is 26.4 Å². The Labute approximate surface area is 599 Å². The molecule has 0 aromatic heterocycles. The average Bonchev–Trinajstić information content (AvgIpc) is 1.26. The van der Waals surface area contributed by atoms with Crippen LogP contribution in [-0.2, 0) is 65.4 Å². The third-order valence-electron chi connectivity index (χ3n) is 18.1. The number of carbonyl (C=O) groups excluding carboxylic acids is 4. The molecule has 0 aliphatic rings. The highest BCUT2D eigenvalue weighted by Gasteiger charge is 2.30. The zero-order valence-electron chi connectivity index (χ0n) is 63.7. The topological polar surface area (TPSA) is 237 Å². The monoisotopic (exact) mass is 1430 g/mol. The average molecular weight is 1430 g/mol. The van der Waals surface area contributed by atoms with Crippen LogP contribution in [0, 0.1) is 17.8 Å². The maximum Gasteiger partial charge on any atom is 0.472 e. The Morgan fingerprint density at radius 1 is 0.337 bits per heavy atom. The summed E-state index contributed by atoms with van der Waals surface area (Å²) in [5, 5.41) is 10.6. The van der Waals surface area contributed by atoms with E-state index >= 15 is 0 Å². The number of allylic oxidation sites excluding steroid dienone is 4. The van der Waals surface area contributed by atoms with Gasteiger partial charge >= 0.3 is 39.5 Å². The fourth-order valence-corrected chi connectivity index (χ4v) is 13.1. The minimum absolute atomic E-state index is 0.0841. The number of hydrogen-bond acceptors (Lipinski definition) is 15. The summed E-state index contributed by atoms with van der Waals surface area (Å²) in [5.74, 6) is 0.172. The predicted octanol–water partition coefficient (Wildman–Crippen LogP) is 22.9. The number of aliphatic hydroxyl groups is 1. The van der Waals surface area contributed by atoms with Crippen LogP contribution in [0.25, 0.3) is 0 Å². The Morgan fingerprint density at radius 2 is 0.602 bits per heavy atom. The molecule has 0 spiro atoms. The molecule has 0 saturated carbocycles. The van der Waals surface area contributed by atoms with Crippen LogP contribution in [0.4, 0.5) is 0 Å². The molecule has 4 unspecified atom stereocenters. The number of rotatable bonds is 75. The standard InChI is InChI=1S/C79H150O17P2/c1-8-10-11-12-13-14-15-16-19-23-26-33-40-48-55-62-79(84)96-75(67-90-77(82)61-54-47-42-35-37-44-51-58-71(5)6)69-94-98(87,88)92-65-73(80)64-91-97(85,86)93-68-74(66-89-76(81)60-53-46-39-32-29-28-31-38-45-52-59-72(7)9-2)95-78(83)63-56-49-41-34-27-24-21-18-17-20-22-25-30-36-43-50-57-70(3)4/h14-16,19,70-75,80H,8-13,17-18,20-69H2,1-7H3,(H,85,86)(H,87,88)/b15-14-,19-16-/t72?,73?,74-,75-/m1/s1. The molecule has 0 aromatic carbocycles. The van der Waals surface area contributed by atoms with Crippen LogP contribution in [0.15, 0.2) is 24.3 Å². The first-order valence-corrected chi connectivity index (χ1v) is 43.2. The molecule has 0 bridgehead atoms. The minimum atomic E-state index is -4.97. The van der Waals surface area contributed by atoms with Crippen molar-refractivity contribution in [2.75, 3.05) is 39.6 Å². The van der Waals surface area contributed by atoms with E-state index in [0.717, 1.165) is 121 Å². The van der Waals surface area contributed by atoms with Crippen LogP contribution in [-0.4, -0.2) is 96.7 Å². The summed E-state index contributed by atoms with van der Waals surface area (Å²) < 4.78 is 68.6. The zero-order valence-corrected chi connectivity index (χ0v) is 65.5. The van der Waals surface area contributed by atoms with Crippen molar-refractivity contribution < 1.29 is 80.2 Å². The lowest BCUT2D eigenvalue weighted by molar-refractivity contribution is -0.161. The molecule has 17 nitrogen and oxygen atoms in total. The second kappa shape index (κ2) is 68.9. The van der Waals surface area contributed by atoms with Gasteiger partial charge in [0, 0.05) is 25.7 Å². The van der Waals surface area contributed by atoms with E-state index in [-0.39, 0.29) is 25.7 Å². The van der Waals surface area contributed by atoms with Gasteiger partial charge in [-0.1, -0.05) is 330 Å². The molecule has 0 radical (unpaired) electrons. The third kappa shape index (κ3) is 70.6. The fraction of sp³-hybridized carbons (Fsp3) is 0.899. The SMILES string of the molecule is CCCCCC/C=C\C=C/CCCCCCCC(=O)O[C@H](COC(=O)CCCCCCCCCC(C)C)COP(=O)(O)OCC(O)COP(=O)(O)OC[C@@H](COC(=O)CCCCCCCCCCCCC(C)CC)OC(=O)CCCCCCCCCCCCCCCCCCC(C)C. The maximum absolute atomic E-state index is 13.1. The molecule has 6 atom stereocenters. The van der Waals surface area contributed by atoms with Gasteiger partial charge in [0.25, 0.3) is 0 Å². The highest BCUT2D eigenvalue weighted by Crippen LogP contribution is 2.45. The van der Waals surface area contributed by atoms with Crippen LogP contribution >= 0.6 is 15.6 Å². The van der Waals surface area contributed by atoms with Crippen LogP contribution < -0.4 is 0 Å². The van der Waals surface area contributed by atoms with Gasteiger partial charge in [-0.3, -0.25) is 37.3 Å². The quantitative estimate of drug-likeness (QED) is 0.0169. The fourth-order valence-electron chi connectivity index (χ4n) is 11.6. The van der Waals surface area contributed by atoms with Crippen LogP contribution in [0.1, 0.15) is 382 Å². The second-order valence-corrected chi connectivity index (χ2v) is 31.9. The normalized spacial score (nSPS) is 14.4. The summed E-state index contributed by atoms with van der Waals surface area (Å²) in [4.78, 5) is 72.9. The number of phosphoric ester groups is 2. The number of aliphatic hydroxyl groups excluding tert-OH is 1. The molecule has 3 N–H and O–H groups in total. The van der Waals surface area contributed by atoms with Gasteiger partial charge in [-0.15, -0.1) is 0 Å². The molecular weight excluding hydrogens is 1280 g/mol. The second-order valence-electron chi connectivity index (χ2n) is 29.0. The van der Waals surface area contributed by atoms with Crippen LogP contribution in [0.5, 0.6) is 0 Å². The van der Waals surface area contributed by atoms with Gasteiger partial charge in [-0.05, 0) is 69.1 Å². The molecule has 0 aliphatic carbocycles. The van der Waals surface area contributed by atoms with E-state index in [0.29, 0.717) is 31.6 Å². The van der Waals surface area contributed by atoms with Gasteiger partial charge in [-0.25, -0.2) is 9.13 Å². The summed E-state index contributed by atoms with van der Waals surface area (Å²) in [6.45, 7) is 11.9. The zero-order chi connectivity index (χ0) is 72.3. The van der Waals surface area contributed by atoms with Crippen molar-refractivity contribution in [3.8, 4) is 0 Å². The highest BCUT2D eigenvalue weighted by molar-refractivity contribution is 7.47. The molecule has 0 saturated heterocycles. The Bertz CT molecular complexity index is 2000. The van der Waals surface area contributed by atoms with E-state index in [1.807, 2.05) is 0 Å². The van der Waals surface area contributed by atoms with Crippen molar-refractivity contribution in [3.05, 3.63) is 24.3 Å². The number of phosphoric acid groups is 2. The van der Waals surface area contributed by atoms with Crippen LogP contribution in [0.2, 0.25) is 0 Å². The van der Waals surface area contributed by atoms with Gasteiger partial charge < -0.3 is 33.8 Å². The molecule has 0 rings (SSSR count). The lowest BCUT2D eigenvalue weighted by atomic mass is 9.99. The summed E-state index contributed by atoms with van der Waals surface area (Å²) >= 11 is 0. The number of unbranched alkanes of at least 4 members (excludes halogenated alkanes) is 39. The van der Waals surface area contributed by atoms with Gasteiger partial charge in [0.2, 0.25) is 0 Å². The molecular formula is C79H150O17P2. The molecule has 0 fully saturated rings. The summed E-state index contributed by atoms with van der Waals surface area (Å²) in [5.41, 5.74) is 0. The first-order valence-electron chi connectivity index (χ1n) is 40.2. The van der Waals surface area contributed by atoms with Crippen molar-refractivity contribution in [2.24, 2.45) is 17.8 Å². The van der Waals surface area contributed by atoms with Crippen molar-refractivity contribution in [1.82, 2.24) is 0 Å².